The van der Waals surface area contributed by atoms with Gasteiger partial charge in [0.05, 0.1) is 5.60 Å². The lowest BCUT2D eigenvalue weighted by molar-refractivity contribution is 0.00461. The van der Waals surface area contributed by atoms with Gasteiger partial charge in [-0.25, -0.2) is 8.78 Å². The number of rotatable bonds is 4. The molecule has 0 radical (unpaired) electrons. The highest BCUT2D eigenvalue weighted by Crippen LogP contribution is 2.27. The molecule has 0 bridgehead atoms. The van der Waals surface area contributed by atoms with E-state index in [-0.39, 0.29) is 6.54 Å². The molecule has 0 saturated heterocycles. The van der Waals surface area contributed by atoms with Crippen molar-refractivity contribution in [3.05, 3.63) is 35.4 Å². The Labute approximate surface area is 106 Å². The van der Waals surface area contributed by atoms with Crippen molar-refractivity contribution in [1.82, 2.24) is 5.32 Å². The molecular formula is C14H19F2NO. The average Bonchev–Trinajstić information content (AvgIpc) is 2.35. The van der Waals surface area contributed by atoms with Crippen LogP contribution in [0.15, 0.2) is 18.2 Å². The second-order valence-corrected chi connectivity index (χ2v) is 5.10. The number of halogens is 2. The summed E-state index contributed by atoms with van der Waals surface area (Å²) in [6, 6.07) is 4.15. The van der Waals surface area contributed by atoms with Crippen molar-refractivity contribution in [2.24, 2.45) is 0 Å². The van der Waals surface area contributed by atoms with E-state index in [4.69, 9.17) is 0 Å². The maximum absolute atomic E-state index is 13.4. The van der Waals surface area contributed by atoms with Gasteiger partial charge in [-0.1, -0.05) is 31.4 Å². The topological polar surface area (TPSA) is 32.3 Å². The van der Waals surface area contributed by atoms with Crippen LogP contribution in [0.5, 0.6) is 0 Å². The minimum absolute atomic E-state index is 0.242. The quantitative estimate of drug-likeness (QED) is 0.867. The van der Waals surface area contributed by atoms with E-state index >= 15 is 0 Å². The third-order valence-electron chi connectivity index (χ3n) is 3.59. The highest BCUT2D eigenvalue weighted by Gasteiger charge is 2.28. The van der Waals surface area contributed by atoms with Crippen LogP contribution in [0.4, 0.5) is 8.78 Å². The van der Waals surface area contributed by atoms with Gasteiger partial charge in [0.1, 0.15) is 0 Å². The first-order valence-electron chi connectivity index (χ1n) is 6.47. The van der Waals surface area contributed by atoms with Crippen molar-refractivity contribution in [1.29, 1.82) is 0 Å². The van der Waals surface area contributed by atoms with Crippen LogP contribution >= 0.6 is 0 Å². The van der Waals surface area contributed by atoms with E-state index in [1.165, 1.54) is 12.5 Å². The molecule has 0 spiro atoms. The maximum atomic E-state index is 13.4. The summed E-state index contributed by atoms with van der Waals surface area (Å²) >= 11 is 0. The maximum Gasteiger partial charge on any atom is 0.163 e. The average molecular weight is 255 g/mol. The summed E-state index contributed by atoms with van der Waals surface area (Å²) in [5.74, 6) is -1.63. The van der Waals surface area contributed by atoms with Gasteiger partial charge < -0.3 is 10.4 Å². The molecule has 1 fully saturated rings. The highest BCUT2D eigenvalue weighted by molar-refractivity contribution is 5.18. The second-order valence-electron chi connectivity index (χ2n) is 5.10. The molecule has 1 aliphatic carbocycles. The minimum atomic E-state index is -0.828. The van der Waals surface area contributed by atoms with E-state index in [1.807, 2.05) is 0 Å². The van der Waals surface area contributed by atoms with Gasteiger partial charge in [0.15, 0.2) is 11.6 Å². The van der Waals surface area contributed by atoms with Crippen molar-refractivity contribution in [2.45, 2.75) is 44.2 Å². The van der Waals surface area contributed by atoms with Crippen molar-refractivity contribution in [2.75, 3.05) is 6.54 Å². The van der Waals surface area contributed by atoms with Gasteiger partial charge in [-0.2, -0.15) is 0 Å². The van der Waals surface area contributed by atoms with Gasteiger partial charge in [-0.05, 0) is 18.9 Å². The van der Waals surface area contributed by atoms with Crippen LogP contribution in [0.1, 0.15) is 37.7 Å². The molecular weight excluding hydrogens is 236 g/mol. The SMILES string of the molecule is OC1(CNCc2cccc(F)c2F)CCCCC1. The van der Waals surface area contributed by atoms with E-state index in [0.717, 1.165) is 31.7 Å². The Hall–Kier alpha value is -1.00. The Morgan fingerprint density at radius 2 is 1.89 bits per heavy atom. The van der Waals surface area contributed by atoms with Crippen LogP contribution in [0.25, 0.3) is 0 Å². The van der Waals surface area contributed by atoms with Crippen LogP contribution < -0.4 is 5.32 Å². The molecule has 2 nitrogen and oxygen atoms in total. The van der Waals surface area contributed by atoms with Gasteiger partial charge in [0, 0.05) is 18.7 Å². The number of nitrogens with one attached hydrogen (secondary N) is 1. The summed E-state index contributed by atoms with van der Waals surface area (Å²) in [5, 5.41) is 13.3. The standard InChI is InChI=1S/C14H19F2NO/c15-12-6-4-5-11(13(12)16)9-17-10-14(18)7-2-1-3-8-14/h4-6,17-18H,1-3,7-10H2. The zero-order valence-corrected chi connectivity index (χ0v) is 10.4. The van der Waals surface area contributed by atoms with Gasteiger partial charge in [0.2, 0.25) is 0 Å². The Kier molecular flexibility index (Phi) is 4.30. The predicted molar refractivity (Wildman–Crippen MR) is 66.1 cm³/mol. The number of hydrogen-bond donors (Lipinski definition) is 2. The third kappa shape index (κ3) is 3.27. The lowest BCUT2D eigenvalue weighted by Gasteiger charge is -2.32. The van der Waals surface area contributed by atoms with E-state index in [0.29, 0.717) is 12.1 Å². The zero-order valence-electron chi connectivity index (χ0n) is 10.4. The zero-order chi connectivity index (χ0) is 13.0. The lowest BCUT2D eigenvalue weighted by Crippen LogP contribution is -2.42. The van der Waals surface area contributed by atoms with Crippen LogP contribution in [0, 0.1) is 11.6 Å². The molecule has 1 aromatic carbocycles. The number of aliphatic hydroxyl groups is 1. The molecule has 0 amide bonds. The van der Waals surface area contributed by atoms with Crippen molar-refractivity contribution < 1.29 is 13.9 Å². The lowest BCUT2D eigenvalue weighted by atomic mass is 9.85. The first-order valence-corrected chi connectivity index (χ1v) is 6.47. The third-order valence-corrected chi connectivity index (χ3v) is 3.59. The molecule has 1 aliphatic rings. The smallest absolute Gasteiger partial charge is 0.163 e. The largest absolute Gasteiger partial charge is 0.389 e. The molecule has 18 heavy (non-hydrogen) atoms. The summed E-state index contributed by atoms with van der Waals surface area (Å²) in [5.41, 5.74) is -0.378. The normalized spacial score (nSPS) is 18.8. The van der Waals surface area contributed by atoms with Gasteiger partial charge in [-0.3, -0.25) is 0 Å². The van der Waals surface area contributed by atoms with Gasteiger partial charge in [-0.15, -0.1) is 0 Å². The van der Waals surface area contributed by atoms with Crippen molar-refractivity contribution >= 4 is 0 Å². The predicted octanol–water partition coefficient (Wildman–Crippen LogP) is 2.75. The molecule has 0 unspecified atom stereocenters. The van der Waals surface area contributed by atoms with Crippen LogP contribution in [0.2, 0.25) is 0 Å². The number of hydrogen-bond acceptors (Lipinski definition) is 2. The summed E-state index contributed by atoms with van der Waals surface area (Å²) in [6.45, 7) is 0.675. The molecule has 4 heteroatoms. The fourth-order valence-corrected chi connectivity index (χ4v) is 2.50. The second kappa shape index (κ2) is 5.76. The van der Waals surface area contributed by atoms with Gasteiger partial charge in [0.25, 0.3) is 0 Å². The summed E-state index contributed by atoms with van der Waals surface area (Å²) in [6.07, 6.45) is 4.80. The summed E-state index contributed by atoms with van der Waals surface area (Å²) in [7, 11) is 0. The molecule has 0 heterocycles. The Balaban J connectivity index is 1.86. The van der Waals surface area contributed by atoms with E-state index in [9.17, 15) is 13.9 Å². The first kappa shape index (κ1) is 13.4. The Morgan fingerprint density at radius 3 is 2.61 bits per heavy atom. The fourth-order valence-electron chi connectivity index (χ4n) is 2.50. The molecule has 2 N–H and O–H groups in total. The molecule has 100 valence electrons. The number of benzene rings is 1. The minimum Gasteiger partial charge on any atom is -0.389 e. The molecule has 0 aliphatic heterocycles. The van der Waals surface area contributed by atoms with E-state index in [1.54, 1.807) is 6.07 Å². The van der Waals surface area contributed by atoms with E-state index in [2.05, 4.69) is 5.32 Å². The Bertz CT molecular complexity index is 403. The summed E-state index contributed by atoms with van der Waals surface area (Å²) in [4.78, 5) is 0. The van der Waals surface area contributed by atoms with Crippen molar-refractivity contribution in [3.8, 4) is 0 Å². The molecule has 1 aromatic rings. The van der Waals surface area contributed by atoms with Crippen LogP contribution in [0.3, 0.4) is 0 Å². The molecule has 0 aromatic heterocycles. The monoisotopic (exact) mass is 255 g/mol. The highest BCUT2D eigenvalue weighted by atomic mass is 19.2. The van der Waals surface area contributed by atoms with Crippen molar-refractivity contribution in [3.63, 3.8) is 0 Å². The molecule has 2 rings (SSSR count). The molecule has 1 saturated carbocycles. The van der Waals surface area contributed by atoms with Gasteiger partial charge >= 0.3 is 0 Å². The van der Waals surface area contributed by atoms with E-state index < -0.39 is 17.2 Å². The van der Waals surface area contributed by atoms with Crippen LogP contribution in [-0.2, 0) is 6.54 Å². The fraction of sp³-hybridized carbons (Fsp3) is 0.571. The molecule has 0 atom stereocenters. The van der Waals surface area contributed by atoms with Crippen LogP contribution in [-0.4, -0.2) is 17.3 Å². The summed E-state index contributed by atoms with van der Waals surface area (Å²) < 4.78 is 26.4. The first-order chi connectivity index (χ1) is 8.61. The Morgan fingerprint density at radius 1 is 1.17 bits per heavy atom.